The predicted octanol–water partition coefficient (Wildman–Crippen LogP) is 0.703. The van der Waals surface area contributed by atoms with Gasteiger partial charge in [0.25, 0.3) is 0 Å². The molecule has 1 rings (SSSR count). The predicted molar refractivity (Wildman–Crippen MR) is 42.2 cm³/mol. The van der Waals surface area contributed by atoms with Crippen LogP contribution < -0.4 is 11.0 Å². The monoisotopic (exact) mass is 167 g/mol. The zero-order valence-electron chi connectivity index (χ0n) is 5.65. The van der Waals surface area contributed by atoms with Crippen molar-refractivity contribution in [1.29, 1.82) is 0 Å². The molecule has 0 saturated carbocycles. The number of carbonyl (C=O) groups excluding carboxylic acids is 1. The normalized spacial score (nSPS) is 9.82. The molecule has 0 aliphatic carbocycles. The first kappa shape index (κ1) is 7.89. The molecule has 56 valence electrons. The Bertz CT molecular complexity index is 298. The van der Waals surface area contributed by atoms with Crippen molar-refractivity contribution in [1.82, 2.24) is 0 Å². The Morgan fingerprint density at radius 2 is 2.18 bits per heavy atom. The molecule has 11 heavy (non-hydrogen) atoms. The number of nitrogens with two attached hydrogens (primary N) is 1. The minimum absolute atomic E-state index is 0.0980. The van der Waals surface area contributed by atoms with Crippen LogP contribution in [0.3, 0.4) is 0 Å². The number of primary amides is 1. The van der Waals surface area contributed by atoms with Gasteiger partial charge in [-0.25, -0.2) is 0 Å². The molecule has 0 heterocycles. The molecule has 0 atom stereocenters. The lowest BCUT2D eigenvalue weighted by Crippen LogP contribution is -2.12. The number of hydrogen-bond donors (Lipinski definition) is 1. The highest BCUT2D eigenvalue weighted by Gasteiger charge is 1.99. The molecule has 0 aliphatic heterocycles. The lowest BCUT2D eigenvalue weighted by atomic mass is 10.2. The average Bonchev–Trinajstić information content (AvgIpc) is 2.05. The van der Waals surface area contributed by atoms with Gasteiger partial charge in [0.15, 0.2) is 8.46 Å². The molecular formula is C7H6NO2P. The van der Waals surface area contributed by atoms with Crippen LogP contribution in [0.2, 0.25) is 0 Å². The van der Waals surface area contributed by atoms with Crippen molar-refractivity contribution in [3.8, 4) is 0 Å². The van der Waals surface area contributed by atoms with E-state index in [9.17, 15) is 9.36 Å². The summed E-state index contributed by atoms with van der Waals surface area (Å²) in [5.74, 6) is -0.504. The molecule has 0 bridgehead atoms. The van der Waals surface area contributed by atoms with Gasteiger partial charge in [-0.3, -0.25) is 9.36 Å². The van der Waals surface area contributed by atoms with Crippen LogP contribution >= 0.6 is 8.46 Å². The molecule has 2 N–H and O–H groups in total. The number of amides is 1. The molecule has 1 aromatic carbocycles. The third kappa shape index (κ3) is 1.85. The molecule has 0 unspecified atom stereocenters. The molecule has 0 fully saturated rings. The van der Waals surface area contributed by atoms with Crippen LogP contribution in [-0.4, -0.2) is 5.91 Å². The van der Waals surface area contributed by atoms with Crippen molar-refractivity contribution in [2.75, 3.05) is 0 Å². The van der Waals surface area contributed by atoms with E-state index >= 15 is 0 Å². The molecule has 0 aliphatic rings. The maximum Gasteiger partial charge on any atom is 0.248 e. The third-order valence-electron chi connectivity index (χ3n) is 1.24. The van der Waals surface area contributed by atoms with Crippen LogP contribution in [-0.2, 0) is 4.57 Å². The summed E-state index contributed by atoms with van der Waals surface area (Å²) in [5.41, 5.74) is 5.37. The fourth-order valence-electron chi connectivity index (χ4n) is 0.716. The zero-order valence-corrected chi connectivity index (χ0v) is 6.54. The Morgan fingerprint density at radius 3 is 2.73 bits per heavy atom. The first-order valence-corrected chi connectivity index (χ1v) is 3.78. The Hall–Kier alpha value is -1.21. The SMILES string of the molecule is NC(=O)c1cccc(P=O)c1. The first-order valence-electron chi connectivity index (χ1n) is 2.97. The Kier molecular flexibility index (Phi) is 2.34. The van der Waals surface area contributed by atoms with Crippen LogP contribution in [0.15, 0.2) is 24.3 Å². The highest BCUT2D eigenvalue weighted by Crippen LogP contribution is 2.00. The van der Waals surface area contributed by atoms with Crippen LogP contribution in [0.4, 0.5) is 0 Å². The summed E-state index contributed by atoms with van der Waals surface area (Å²) in [6.07, 6.45) is 0. The third-order valence-corrected chi connectivity index (χ3v) is 1.73. The van der Waals surface area contributed by atoms with Gasteiger partial charge >= 0.3 is 0 Å². The molecule has 0 spiro atoms. The van der Waals surface area contributed by atoms with Gasteiger partial charge in [-0.2, -0.15) is 0 Å². The summed E-state index contributed by atoms with van der Waals surface area (Å²) >= 11 is 0. The lowest BCUT2D eigenvalue weighted by Gasteiger charge is -1.93. The second-order valence-corrected chi connectivity index (χ2v) is 2.70. The van der Waals surface area contributed by atoms with E-state index in [1.807, 2.05) is 0 Å². The summed E-state index contributed by atoms with van der Waals surface area (Å²) in [6.45, 7) is 0. The summed E-state index contributed by atoms with van der Waals surface area (Å²) in [5, 5.41) is 0.557. The number of benzene rings is 1. The average molecular weight is 167 g/mol. The van der Waals surface area contributed by atoms with E-state index in [0.717, 1.165) is 0 Å². The second-order valence-electron chi connectivity index (χ2n) is 2.01. The highest BCUT2D eigenvalue weighted by atomic mass is 31.1. The van der Waals surface area contributed by atoms with Crippen LogP contribution in [0, 0.1) is 0 Å². The largest absolute Gasteiger partial charge is 0.366 e. The van der Waals surface area contributed by atoms with Crippen molar-refractivity contribution < 1.29 is 9.36 Å². The van der Waals surface area contributed by atoms with E-state index in [4.69, 9.17) is 5.73 Å². The van der Waals surface area contributed by atoms with E-state index in [0.29, 0.717) is 10.9 Å². The van der Waals surface area contributed by atoms with Crippen LogP contribution in [0.5, 0.6) is 0 Å². The van der Waals surface area contributed by atoms with Crippen molar-refractivity contribution in [3.63, 3.8) is 0 Å². The topological polar surface area (TPSA) is 60.2 Å². The molecule has 1 aromatic rings. The minimum atomic E-state index is -0.504. The fraction of sp³-hybridized carbons (Fsp3) is 0. The lowest BCUT2D eigenvalue weighted by molar-refractivity contribution is 0.100. The van der Waals surface area contributed by atoms with E-state index < -0.39 is 5.91 Å². The molecule has 4 heteroatoms. The van der Waals surface area contributed by atoms with Crippen molar-refractivity contribution in [3.05, 3.63) is 29.8 Å². The van der Waals surface area contributed by atoms with E-state index in [2.05, 4.69) is 0 Å². The number of rotatable bonds is 2. The summed E-state index contributed by atoms with van der Waals surface area (Å²) in [6, 6.07) is 6.37. The Morgan fingerprint density at radius 1 is 1.45 bits per heavy atom. The molecule has 0 radical (unpaired) electrons. The van der Waals surface area contributed by atoms with Crippen LogP contribution in [0.25, 0.3) is 0 Å². The van der Waals surface area contributed by atoms with Gasteiger partial charge in [0, 0.05) is 10.9 Å². The standard InChI is InChI=1S/C7H6NO2P/c8-7(9)5-2-1-3-6(4-5)11-10/h1-4H,(H2,8,9). The van der Waals surface area contributed by atoms with E-state index in [1.54, 1.807) is 18.2 Å². The second kappa shape index (κ2) is 3.26. The van der Waals surface area contributed by atoms with Crippen molar-refractivity contribution in [2.45, 2.75) is 0 Å². The van der Waals surface area contributed by atoms with Crippen molar-refractivity contribution in [2.24, 2.45) is 5.73 Å². The Balaban J connectivity index is 3.10. The van der Waals surface area contributed by atoms with E-state index in [-0.39, 0.29) is 8.46 Å². The van der Waals surface area contributed by atoms with Gasteiger partial charge in [0.1, 0.15) is 0 Å². The maximum absolute atomic E-state index is 10.6. The molecule has 0 saturated heterocycles. The van der Waals surface area contributed by atoms with Gasteiger partial charge in [0.2, 0.25) is 5.91 Å². The van der Waals surface area contributed by atoms with Gasteiger partial charge in [-0.05, 0) is 18.2 Å². The summed E-state index contributed by atoms with van der Waals surface area (Å²) in [4.78, 5) is 10.6. The van der Waals surface area contributed by atoms with Crippen molar-refractivity contribution >= 4 is 19.7 Å². The van der Waals surface area contributed by atoms with Gasteiger partial charge in [-0.15, -0.1) is 0 Å². The van der Waals surface area contributed by atoms with E-state index in [1.165, 1.54) is 6.07 Å². The quantitative estimate of drug-likeness (QED) is 0.659. The minimum Gasteiger partial charge on any atom is -0.366 e. The molecule has 1 amide bonds. The number of carbonyl (C=O) groups is 1. The first-order chi connectivity index (χ1) is 5.24. The van der Waals surface area contributed by atoms with Gasteiger partial charge < -0.3 is 5.73 Å². The van der Waals surface area contributed by atoms with Gasteiger partial charge in [-0.1, -0.05) is 6.07 Å². The van der Waals surface area contributed by atoms with Gasteiger partial charge in [0.05, 0.1) is 0 Å². The molecule has 0 aromatic heterocycles. The summed E-state index contributed by atoms with van der Waals surface area (Å²) in [7, 11) is -0.0980. The maximum atomic E-state index is 10.6. The molecule has 3 nitrogen and oxygen atoms in total. The molecular weight excluding hydrogens is 161 g/mol. The number of hydrogen-bond acceptors (Lipinski definition) is 2. The Labute approximate surface area is 65.4 Å². The summed E-state index contributed by atoms with van der Waals surface area (Å²) < 4.78 is 10.3. The highest BCUT2D eigenvalue weighted by molar-refractivity contribution is 7.34. The smallest absolute Gasteiger partial charge is 0.248 e. The van der Waals surface area contributed by atoms with Crippen LogP contribution in [0.1, 0.15) is 10.4 Å². The zero-order chi connectivity index (χ0) is 8.27. The fourth-order valence-corrected chi connectivity index (χ4v) is 1.05.